The van der Waals surface area contributed by atoms with Gasteiger partial charge in [-0.3, -0.25) is 4.79 Å². The Bertz CT molecular complexity index is 982. The average molecular weight is 383 g/mol. The molecule has 0 atom stereocenters. The third-order valence-electron chi connectivity index (χ3n) is 4.87. The van der Waals surface area contributed by atoms with Crippen molar-refractivity contribution in [2.75, 3.05) is 37.7 Å². The molecule has 3 aromatic rings. The van der Waals surface area contributed by atoms with Crippen LogP contribution < -0.4 is 4.90 Å². The highest BCUT2D eigenvalue weighted by atomic mass is 19.1. The molecule has 3 heterocycles. The molecule has 7 nitrogen and oxygen atoms in total. The predicted octanol–water partition coefficient (Wildman–Crippen LogP) is 2.27. The number of halogens is 1. The van der Waals surface area contributed by atoms with Gasteiger partial charge in [0.2, 0.25) is 5.91 Å². The fraction of sp³-hybridized carbons (Fsp3) is 0.350. The van der Waals surface area contributed by atoms with Gasteiger partial charge in [-0.2, -0.15) is 0 Å². The monoisotopic (exact) mass is 383 g/mol. The largest absolute Gasteiger partial charge is 0.364 e. The maximum Gasteiger partial charge on any atom is 0.248 e. The number of benzene rings is 1. The summed E-state index contributed by atoms with van der Waals surface area (Å²) in [6, 6.07) is 8.33. The molecular formula is C20H22FN5O2. The summed E-state index contributed by atoms with van der Waals surface area (Å²) in [5.74, 6) is 1.19. The molecule has 1 aromatic carbocycles. The van der Waals surface area contributed by atoms with E-state index in [9.17, 15) is 9.18 Å². The SMILES string of the molecule is Cc1cccnc1N1CCN(C(=O)COCc2nc3ccc(F)cc3[nH]2)CC1. The molecule has 0 aliphatic carbocycles. The van der Waals surface area contributed by atoms with Crippen molar-refractivity contribution >= 4 is 22.8 Å². The Labute approximate surface area is 162 Å². The minimum absolute atomic E-state index is 0.00593. The van der Waals surface area contributed by atoms with Gasteiger partial charge in [0.15, 0.2) is 0 Å². The predicted molar refractivity (Wildman–Crippen MR) is 103 cm³/mol. The van der Waals surface area contributed by atoms with Crippen molar-refractivity contribution in [2.24, 2.45) is 0 Å². The number of piperazine rings is 1. The topological polar surface area (TPSA) is 74.3 Å². The number of anilines is 1. The molecule has 0 radical (unpaired) electrons. The standard InChI is InChI=1S/C20H22FN5O2/c1-14-3-2-6-22-20(14)26-9-7-25(8-10-26)19(27)13-28-12-18-23-16-5-4-15(21)11-17(16)24-18/h2-6,11H,7-10,12-13H2,1H3,(H,23,24). The molecule has 1 saturated heterocycles. The molecule has 146 valence electrons. The second-order valence-electron chi connectivity index (χ2n) is 6.85. The Kier molecular flexibility index (Phi) is 5.21. The van der Waals surface area contributed by atoms with E-state index < -0.39 is 0 Å². The summed E-state index contributed by atoms with van der Waals surface area (Å²) in [7, 11) is 0. The molecule has 2 aromatic heterocycles. The van der Waals surface area contributed by atoms with Crippen molar-refractivity contribution in [1.29, 1.82) is 0 Å². The Balaban J connectivity index is 1.26. The lowest BCUT2D eigenvalue weighted by Crippen LogP contribution is -2.50. The maximum absolute atomic E-state index is 13.2. The van der Waals surface area contributed by atoms with Gasteiger partial charge in [-0.15, -0.1) is 0 Å². The number of hydrogen-bond acceptors (Lipinski definition) is 5. The van der Waals surface area contributed by atoms with E-state index in [1.807, 2.05) is 24.0 Å². The van der Waals surface area contributed by atoms with E-state index in [0.29, 0.717) is 29.9 Å². The molecule has 1 aliphatic rings. The number of rotatable bonds is 5. The second-order valence-corrected chi connectivity index (χ2v) is 6.85. The van der Waals surface area contributed by atoms with E-state index in [0.717, 1.165) is 24.5 Å². The van der Waals surface area contributed by atoms with E-state index in [2.05, 4.69) is 19.9 Å². The first-order valence-corrected chi connectivity index (χ1v) is 9.26. The fourth-order valence-electron chi connectivity index (χ4n) is 3.41. The normalized spacial score (nSPS) is 14.6. The van der Waals surface area contributed by atoms with Crippen LogP contribution in [0, 0.1) is 12.7 Å². The summed E-state index contributed by atoms with van der Waals surface area (Å²) in [6.45, 7) is 4.99. The number of pyridine rings is 1. The molecule has 1 N–H and O–H groups in total. The van der Waals surface area contributed by atoms with Crippen LogP contribution in [-0.4, -0.2) is 58.5 Å². The Morgan fingerprint density at radius 1 is 1.25 bits per heavy atom. The van der Waals surface area contributed by atoms with Crippen LogP contribution in [0.1, 0.15) is 11.4 Å². The summed E-state index contributed by atoms with van der Waals surface area (Å²) < 4.78 is 18.8. The highest BCUT2D eigenvalue weighted by molar-refractivity contribution is 5.78. The van der Waals surface area contributed by atoms with E-state index in [1.54, 1.807) is 12.3 Å². The zero-order valence-corrected chi connectivity index (χ0v) is 15.7. The summed E-state index contributed by atoms with van der Waals surface area (Å²) >= 11 is 0. The first-order valence-electron chi connectivity index (χ1n) is 9.26. The molecule has 8 heteroatoms. The zero-order valence-electron chi connectivity index (χ0n) is 15.7. The molecule has 28 heavy (non-hydrogen) atoms. The Morgan fingerprint density at radius 3 is 2.86 bits per heavy atom. The summed E-state index contributed by atoms with van der Waals surface area (Å²) in [4.78, 5) is 28.2. The third kappa shape index (κ3) is 3.96. The number of aryl methyl sites for hydroxylation is 1. The fourth-order valence-corrected chi connectivity index (χ4v) is 3.41. The van der Waals surface area contributed by atoms with Crippen LogP contribution in [-0.2, 0) is 16.1 Å². The number of carbonyl (C=O) groups excluding carboxylic acids is 1. The highest BCUT2D eigenvalue weighted by Crippen LogP contribution is 2.18. The van der Waals surface area contributed by atoms with E-state index >= 15 is 0 Å². The number of aromatic amines is 1. The van der Waals surface area contributed by atoms with Crippen LogP contribution >= 0.6 is 0 Å². The van der Waals surface area contributed by atoms with Crippen molar-refractivity contribution < 1.29 is 13.9 Å². The number of nitrogens with one attached hydrogen (secondary N) is 1. The first kappa shape index (κ1) is 18.4. The minimum Gasteiger partial charge on any atom is -0.364 e. The lowest BCUT2D eigenvalue weighted by Gasteiger charge is -2.36. The molecule has 1 fully saturated rings. The molecule has 0 spiro atoms. The van der Waals surface area contributed by atoms with Crippen LogP contribution in [0.15, 0.2) is 36.5 Å². The molecule has 0 saturated carbocycles. The van der Waals surface area contributed by atoms with Gasteiger partial charge in [-0.05, 0) is 36.8 Å². The number of H-pyrrole nitrogens is 1. The van der Waals surface area contributed by atoms with Crippen LogP contribution in [0.4, 0.5) is 10.2 Å². The number of nitrogens with zero attached hydrogens (tertiary/aromatic N) is 4. The molecule has 1 aliphatic heterocycles. The second kappa shape index (κ2) is 7.93. The van der Waals surface area contributed by atoms with Gasteiger partial charge in [-0.1, -0.05) is 6.07 Å². The number of ether oxygens (including phenoxy) is 1. The third-order valence-corrected chi connectivity index (χ3v) is 4.87. The van der Waals surface area contributed by atoms with E-state index in [4.69, 9.17) is 4.74 Å². The van der Waals surface area contributed by atoms with Crippen molar-refractivity contribution in [3.63, 3.8) is 0 Å². The number of fused-ring (bicyclic) bond motifs is 1. The van der Waals surface area contributed by atoms with Crippen molar-refractivity contribution in [1.82, 2.24) is 19.9 Å². The lowest BCUT2D eigenvalue weighted by atomic mass is 10.2. The van der Waals surface area contributed by atoms with Gasteiger partial charge in [0.1, 0.15) is 30.7 Å². The molecule has 1 amide bonds. The van der Waals surface area contributed by atoms with Crippen LogP contribution in [0.25, 0.3) is 11.0 Å². The van der Waals surface area contributed by atoms with Crippen LogP contribution in [0.2, 0.25) is 0 Å². The molecule has 0 bridgehead atoms. The number of amides is 1. The van der Waals surface area contributed by atoms with Crippen molar-refractivity contribution in [3.8, 4) is 0 Å². The Morgan fingerprint density at radius 2 is 2.07 bits per heavy atom. The smallest absolute Gasteiger partial charge is 0.248 e. The Hall–Kier alpha value is -3.00. The van der Waals surface area contributed by atoms with Crippen molar-refractivity contribution in [2.45, 2.75) is 13.5 Å². The van der Waals surface area contributed by atoms with Gasteiger partial charge in [-0.25, -0.2) is 14.4 Å². The van der Waals surface area contributed by atoms with Gasteiger partial charge < -0.3 is 19.5 Å². The quantitative estimate of drug-likeness (QED) is 0.732. The molecular weight excluding hydrogens is 361 g/mol. The summed E-state index contributed by atoms with van der Waals surface area (Å²) in [5.41, 5.74) is 2.43. The van der Waals surface area contributed by atoms with Crippen molar-refractivity contribution in [3.05, 3.63) is 53.7 Å². The van der Waals surface area contributed by atoms with E-state index in [-0.39, 0.29) is 24.9 Å². The number of aromatic nitrogens is 3. The van der Waals surface area contributed by atoms with E-state index in [1.165, 1.54) is 12.1 Å². The van der Waals surface area contributed by atoms with Crippen LogP contribution in [0.3, 0.4) is 0 Å². The van der Waals surface area contributed by atoms with Gasteiger partial charge in [0, 0.05) is 32.4 Å². The van der Waals surface area contributed by atoms with Crippen LogP contribution in [0.5, 0.6) is 0 Å². The highest BCUT2D eigenvalue weighted by Gasteiger charge is 2.22. The van der Waals surface area contributed by atoms with Gasteiger partial charge in [0.25, 0.3) is 0 Å². The summed E-state index contributed by atoms with van der Waals surface area (Å²) in [5, 5.41) is 0. The number of carbonyl (C=O) groups is 1. The molecule has 0 unspecified atom stereocenters. The first-order chi connectivity index (χ1) is 13.6. The molecule has 4 rings (SSSR count). The number of imidazole rings is 1. The lowest BCUT2D eigenvalue weighted by molar-refractivity contribution is -0.136. The van der Waals surface area contributed by atoms with Gasteiger partial charge >= 0.3 is 0 Å². The minimum atomic E-state index is -0.321. The summed E-state index contributed by atoms with van der Waals surface area (Å²) in [6.07, 6.45) is 1.79. The van der Waals surface area contributed by atoms with Gasteiger partial charge in [0.05, 0.1) is 11.0 Å². The number of hydrogen-bond donors (Lipinski definition) is 1. The maximum atomic E-state index is 13.2. The average Bonchev–Trinajstić information content (AvgIpc) is 3.10. The zero-order chi connectivity index (χ0) is 19.5.